The molecule has 1 atom stereocenters. The Morgan fingerprint density at radius 2 is 1.70 bits per heavy atom. The minimum Gasteiger partial charge on any atom is -0.550 e. The van der Waals surface area contributed by atoms with E-state index < -0.39 is 29.4 Å². The van der Waals surface area contributed by atoms with Crippen molar-refractivity contribution in [3.8, 4) is 0 Å². The van der Waals surface area contributed by atoms with Crippen LogP contribution in [-0.4, -0.2) is 52.4 Å². The van der Waals surface area contributed by atoms with Crippen LogP contribution in [-0.2, 0) is 14.4 Å². The first-order valence-electron chi connectivity index (χ1n) is 5.50. The van der Waals surface area contributed by atoms with Crippen molar-refractivity contribution in [1.82, 2.24) is 5.32 Å². The molecule has 0 rings (SSSR count). The molecule has 0 spiro atoms. The molecule has 0 saturated heterocycles. The van der Waals surface area contributed by atoms with Crippen LogP contribution in [0.5, 0.6) is 0 Å². The molecule has 0 aromatic rings. The predicted octanol–water partition coefficient (Wildman–Crippen LogP) is -5.28. The normalized spacial score (nSPS) is 11.2. The molecule has 1 unspecified atom stereocenters. The summed E-state index contributed by atoms with van der Waals surface area (Å²) in [6.45, 7) is 3.68. The number of hydrogen-bond donors (Lipinski definition) is 4. The number of rotatable bonds is 6. The van der Waals surface area contributed by atoms with E-state index in [-0.39, 0.29) is 49.1 Å². The number of aliphatic hydroxyl groups is 2. The third kappa shape index (κ3) is 13.8. The number of hydrogen-bond acceptors (Lipinski definition) is 6. The first-order valence-corrected chi connectivity index (χ1v) is 5.50. The van der Waals surface area contributed by atoms with E-state index in [1.165, 1.54) is 13.8 Å². The van der Waals surface area contributed by atoms with Crippen molar-refractivity contribution in [2.75, 3.05) is 13.2 Å². The maximum atomic E-state index is 11.3. The van der Waals surface area contributed by atoms with Gasteiger partial charge in [-0.3, -0.25) is 9.59 Å². The van der Waals surface area contributed by atoms with Gasteiger partial charge in [-0.25, -0.2) is 0 Å². The molecule has 4 N–H and O–H groups in total. The Kier molecular flexibility index (Phi) is 14.7. The second-order valence-electron chi connectivity index (χ2n) is 4.48. The second kappa shape index (κ2) is 12.1. The maximum absolute atomic E-state index is 11.3. The fourth-order valence-electron chi connectivity index (χ4n) is 0.831. The van der Waals surface area contributed by atoms with Gasteiger partial charge in [0.25, 0.3) is 0 Å². The molecule has 20 heavy (non-hydrogen) atoms. The van der Waals surface area contributed by atoms with Gasteiger partial charge in [0.15, 0.2) is 0 Å². The third-order valence-corrected chi connectivity index (χ3v) is 2.03. The van der Waals surface area contributed by atoms with Crippen molar-refractivity contribution in [2.24, 2.45) is 5.41 Å². The van der Waals surface area contributed by atoms with Crippen LogP contribution in [0.2, 0.25) is 0 Å². The average molecular weight is 301 g/mol. The zero-order valence-corrected chi connectivity index (χ0v) is 14.2. The largest absolute Gasteiger partial charge is 1.00 e. The average Bonchev–Trinajstić information content (AvgIpc) is 2.26. The van der Waals surface area contributed by atoms with Gasteiger partial charge in [0.2, 0.25) is 5.91 Å². The Hall–Kier alpha value is -0.670. The van der Waals surface area contributed by atoms with Crippen molar-refractivity contribution in [1.29, 1.82) is 0 Å². The van der Waals surface area contributed by atoms with E-state index in [0.29, 0.717) is 0 Å². The summed E-state index contributed by atoms with van der Waals surface area (Å²) < 4.78 is 0. The van der Waals surface area contributed by atoms with E-state index in [4.69, 9.17) is 20.1 Å². The zero-order chi connectivity index (χ0) is 15.6. The van der Waals surface area contributed by atoms with Gasteiger partial charge in [0, 0.05) is 17.9 Å². The molecule has 0 heterocycles. The van der Waals surface area contributed by atoms with Crippen molar-refractivity contribution in [2.45, 2.75) is 33.3 Å². The molecule has 0 fully saturated rings. The SMILES string of the molecule is CC(=O)[O-].CC(C)(CO)C(O)C(=O)NCCC(=O)O.[Na+]. The number of nitrogens with one attached hydrogen (secondary N) is 1. The van der Waals surface area contributed by atoms with Crippen LogP contribution in [0.3, 0.4) is 0 Å². The molecular weight excluding hydrogens is 281 g/mol. The van der Waals surface area contributed by atoms with E-state index in [0.717, 1.165) is 6.92 Å². The Bertz CT molecular complexity index is 316. The van der Waals surface area contributed by atoms with Gasteiger partial charge in [0.1, 0.15) is 6.10 Å². The van der Waals surface area contributed by atoms with Gasteiger partial charge in [0.05, 0.1) is 13.0 Å². The minimum absolute atomic E-state index is 0. The molecule has 0 aliphatic heterocycles. The first-order chi connectivity index (χ1) is 8.54. The molecule has 0 aromatic carbocycles. The summed E-state index contributed by atoms with van der Waals surface area (Å²) in [6, 6.07) is 0. The van der Waals surface area contributed by atoms with Crippen LogP contribution in [0.15, 0.2) is 0 Å². The fraction of sp³-hybridized carbons (Fsp3) is 0.727. The summed E-state index contributed by atoms with van der Waals surface area (Å²) >= 11 is 0. The quantitative estimate of drug-likeness (QED) is 0.358. The molecule has 0 bridgehead atoms. The monoisotopic (exact) mass is 301 g/mol. The summed E-state index contributed by atoms with van der Waals surface area (Å²) in [5.74, 6) is -2.78. The van der Waals surface area contributed by atoms with Crippen LogP contribution >= 0.6 is 0 Å². The number of amides is 1. The molecule has 9 heteroatoms. The Morgan fingerprint density at radius 3 is 2.00 bits per heavy atom. The van der Waals surface area contributed by atoms with Crippen LogP contribution < -0.4 is 40.0 Å². The molecule has 112 valence electrons. The van der Waals surface area contributed by atoms with Crippen LogP contribution in [0.1, 0.15) is 27.2 Å². The molecule has 0 aromatic heterocycles. The summed E-state index contributed by atoms with van der Waals surface area (Å²) in [7, 11) is 0. The van der Waals surface area contributed by atoms with E-state index >= 15 is 0 Å². The molecule has 0 radical (unpaired) electrons. The van der Waals surface area contributed by atoms with Gasteiger partial charge in [-0.15, -0.1) is 0 Å². The number of carbonyl (C=O) groups excluding carboxylic acids is 2. The Balaban J connectivity index is -0.000000508. The Labute approximate surface area is 139 Å². The summed E-state index contributed by atoms with van der Waals surface area (Å²) in [5, 5.41) is 37.9. The number of carboxylic acid groups (broad SMARTS) is 2. The Morgan fingerprint density at radius 1 is 1.30 bits per heavy atom. The van der Waals surface area contributed by atoms with Gasteiger partial charge < -0.3 is 30.5 Å². The molecule has 8 nitrogen and oxygen atoms in total. The molecule has 0 saturated carbocycles. The van der Waals surface area contributed by atoms with Crippen molar-refractivity contribution < 1.29 is 64.4 Å². The van der Waals surface area contributed by atoms with E-state index in [2.05, 4.69) is 5.32 Å². The van der Waals surface area contributed by atoms with Gasteiger partial charge >= 0.3 is 35.5 Å². The fourth-order valence-corrected chi connectivity index (χ4v) is 0.831. The van der Waals surface area contributed by atoms with Crippen LogP contribution in [0, 0.1) is 5.41 Å². The van der Waals surface area contributed by atoms with E-state index in [1.54, 1.807) is 0 Å². The van der Waals surface area contributed by atoms with Crippen molar-refractivity contribution in [3.63, 3.8) is 0 Å². The maximum Gasteiger partial charge on any atom is 1.00 e. The van der Waals surface area contributed by atoms with Crippen molar-refractivity contribution >= 4 is 17.8 Å². The summed E-state index contributed by atoms with van der Waals surface area (Å²) in [6.07, 6.45) is -1.55. The smallest absolute Gasteiger partial charge is 0.550 e. The predicted molar refractivity (Wildman–Crippen MR) is 62.8 cm³/mol. The molecule has 1 amide bonds. The number of aliphatic carboxylic acids is 2. The van der Waals surface area contributed by atoms with Gasteiger partial charge in [-0.2, -0.15) is 0 Å². The molecule has 0 aliphatic carbocycles. The topological polar surface area (TPSA) is 147 Å². The van der Waals surface area contributed by atoms with E-state index in [9.17, 15) is 14.7 Å². The minimum atomic E-state index is -1.35. The standard InChI is InChI=1S/C9H17NO5.C2H4O2.Na/c1-9(2,5-11)7(14)8(15)10-4-3-6(12)13;1-2(3)4;/h7,11,14H,3-5H2,1-2H3,(H,10,15)(H,12,13);1H3,(H,3,4);/q;;+1/p-1. The zero-order valence-electron chi connectivity index (χ0n) is 12.2. The number of carbonyl (C=O) groups is 3. The van der Waals surface area contributed by atoms with Crippen LogP contribution in [0.25, 0.3) is 0 Å². The molecule has 0 aliphatic rings. The molecular formula is C11H20NNaO7. The number of carboxylic acids is 2. The second-order valence-corrected chi connectivity index (χ2v) is 4.48. The first kappa shape index (κ1) is 24.4. The summed E-state index contributed by atoms with van der Waals surface area (Å²) in [5.41, 5.74) is -0.937. The van der Waals surface area contributed by atoms with Crippen molar-refractivity contribution in [3.05, 3.63) is 0 Å². The van der Waals surface area contributed by atoms with E-state index in [1.807, 2.05) is 0 Å². The van der Waals surface area contributed by atoms with Gasteiger partial charge in [-0.1, -0.05) is 13.8 Å². The van der Waals surface area contributed by atoms with Crippen LogP contribution in [0.4, 0.5) is 0 Å². The van der Waals surface area contributed by atoms with Gasteiger partial charge in [-0.05, 0) is 6.92 Å². The number of aliphatic hydroxyl groups excluding tert-OH is 2. The third-order valence-electron chi connectivity index (χ3n) is 2.03. The summed E-state index contributed by atoms with van der Waals surface area (Å²) in [4.78, 5) is 30.3.